The molecule has 1 unspecified atom stereocenters. The number of esters is 2. The van der Waals surface area contributed by atoms with E-state index < -0.39 is 17.5 Å². The maximum atomic E-state index is 12.8. The first-order valence-corrected chi connectivity index (χ1v) is 9.65. The molecular formula is C23H29NO4. The molecule has 150 valence electrons. The molecule has 0 saturated heterocycles. The molecule has 28 heavy (non-hydrogen) atoms. The van der Waals surface area contributed by atoms with Gasteiger partial charge in [-0.1, -0.05) is 74.0 Å². The van der Waals surface area contributed by atoms with E-state index in [4.69, 9.17) is 9.47 Å². The van der Waals surface area contributed by atoms with Gasteiger partial charge in [0.2, 0.25) is 5.54 Å². The molecule has 1 atom stereocenters. The van der Waals surface area contributed by atoms with Crippen LogP contribution in [0.3, 0.4) is 0 Å². The summed E-state index contributed by atoms with van der Waals surface area (Å²) in [5.41, 5.74) is 0.146. The Morgan fingerprint density at radius 3 is 1.71 bits per heavy atom. The number of ether oxygens (including phenoxy) is 2. The molecular weight excluding hydrogens is 354 g/mol. The third kappa shape index (κ3) is 6.20. The van der Waals surface area contributed by atoms with Crippen molar-refractivity contribution in [1.29, 1.82) is 0 Å². The van der Waals surface area contributed by atoms with Gasteiger partial charge in [-0.25, -0.2) is 9.59 Å². The van der Waals surface area contributed by atoms with Crippen LogP contribution in [0.25, 0.3) is 0 Å². The van der Waals surface area contributed by atoms with Crippen molar-refractivity contribution in [2.45, 2.75) is 58.4 Å². The molecule has 0 amide bonds. The summed E-state index contributed by atoms with van der Waals surface area (Å²) in [6.45, 7) is 5.73. The van der Waals surface area contributed by atoms with E-state index in [1.54, 1.807) is 0 Å². The summed E-state index contributed by atoms with van der Waals surface area (Å²) in [5, 5.41) is 3.12. The van der Waals surface area contributed by atoms with Gasteiger partial charge in [0.25, 0.3) is 0 Å². The molecule has 5 heteroatoms. The summed E-state index contributed by atoms with van der Waals surface area (Å²) in [7, 11) is 0. The van der Waals surface area contributed by atoms with Gasteiger partial charge in [-0.3, -0.25) is 5.32 Å². The van der Waals surface area contributed by atoms with Crippen LogP contribution in [0.5, 0.6) is 0 Å². The molecule has 0 aliphatic rings. The average Bonchev–Trinajstić information content (AvgIpc) is 2.71. The average molecular weight is 383 g/mol. The predicted octanol–water partition coefficient (Wildman–Crippen LogP) is 4.01. The lowest BCUT2D eigenvalue weighted by atomic mass is 10.00. The Bertz CT molecular complexity index is 690. The lowest BCUT2D eigenvalue weighted by molar-refractivity contribution is -0.167. The second kappa shape index (κ2) is 10.6. The SMILES string of the molecule is CCCC(C)NC(C)(C(=O)OCc1ccccc1)C(=O)OCc1ccccc1. The molecule has 0 aliphatic carbocycles. The fourth-order valence-electron chi connectivity index (χ4n) is 2.93. The number of carbonyl (C=O) groups excluding carboxylic acids is 2. The lowest BCUT2D eigenvalue weighted by Crippen LogP contribution is -2.59. The summed E-state index contributed by atoms with van der Waals surface area (Å²) in [6, 6.07) is 18.7. The van der Waals surface area contributed by atoms with Crippen molar-refractivity contribution < 1.29 is 19.1 Å². The Labute approximate surface area is 167 Å². The first kappa shape index (κ1) is 21.6. The van der Waals surface area contributed by atoms with E-state index in [-0.39, 0.29) is 19.3 Å². The number of rotatable bonds is 10. The smallest absolute Gasteiger partial charge is 0.338 e. The maximum absolute atomic E-state index is 12.8. The highest BCUT2D eigenvalue weighted by atomic mass is 16.6. The maximum Gasteiger partial charge on any atom is 0.338 e. The predicted molar refractivity (Wildman–Crippen MR) is 108 cm³/mol. The van der Waals surface area contributed by atoms with Crippen LogP contribution >= 0.6 is 0 Å². The van der Waals surface area contributed by atoms with E-state index in [0.29, 0.717) is 0 Å². The second-order valence-electron chi connectivity index (χ2n) is 7.08. The van der Waals surface area contributed by atoms with E-state index in [1.807, 2.05) is 67.6 Å². The van der Waals surface area contributed by atoms with Crippen LogP contribution in [-0.2, 0) is 32.3 Å². The Hall–Kier alpha value is -2.66. The monoisotopic (exact) mass is 383 g/mol. The van der Waals surface area contributed by atoms with E-state index in [1.165, 1.54) is 6.92 Å². The summed E-state index contributed by atoms with van der Waals surface area (Å²) in [6.07, 6.45) is 1.76. The zero-order chi connectivity index (χ0) is 20.4. The normalized spacial score (nSPS) is 12.2. The topological polar surface area (TPSA) is 64.6 Å². The lowest BCUT2D eigenvalue weighted by Gasteiger charge is -2.29. The van der Waals surface area contributed by atoms with Crippen molar-refractivity contribution in [1.82, 2.24) is 5.32 Å². The molecule has 0 aromatic heterocycles. The third-order valence-electron chi connectivity index (χ3n) is 4.50. The van der Waals surface area contributed by atoms with Gasteiger partial charge in [-0.05, 0) is 31.4 Å². The van der Waals surface area contributed by atoms with E-state index >= 15 is 0 Å². The van der Waals surface area contributed by atoms with Crippen molar-refractivity contribution in [3.05, 3.63) is 71.8 Å². The molecule has 2 aromatic rings. The first-order chi connectivity index (χ1) is 13.5. The molecule has 0 bridgehead atoms. The van der Waals surface area contributed by atoms with Gasteiger partial charge >= 0.3 is 11.9 Å². The van der Waals surface area contributed by atoms with Crippen molar-refractivity contribution in [2.24, 2.45) is 0 Å². The van der Waals surface area contributed by atoms with Crippen molar-refractivity contribution in [2.75, 3.05) is 0 Å². The van der Waals surface area contributed by atoms with Gasteiger partial charge in [0.15, 0.2) is 0 Å². The zero-order valence-electron chi connectivity index (χ0n) is 16.8. The second-order valence-corrected chi connectivity index (χ2v) is 7.08. The van der Waals surface area contributed by atoms with Gasteiger partial charge < -0.3 is 9.47 Å². The van der Waals surface area contributed by atoms with Crippen molar-refractivity contribution >= 4 is 11.9 Å². The Morgan fingerprint density at radius 2 is 1.32 bits per heavy atom. The van der Waals surface area contributed by atoms with E-state index in [2.05, 4.69) is 12.2 Å². The molecule has 0 heterocycles. The van der Waals surface area contributed by atoms with Crippen LogP contribution in [0.2, 0.25) is 0 Å². The minimum Gasteiger partial charge on any atom is -0.459 e. The van der Waals surface area contributed by atoms with Gasteiger partial charge in [-0.15, -0.1) is 0 Å². The third-order valence-corrected chi connectivity index (χ3v) is 4.50. The van der Waals surface area contributed by atoms with Gasteiger partial charge in [-0.2, -0.15) is 0 Å². The minimum atomic E-state index is -1.57. The molecule has 0 fully saturated rings. The van der Waals surface area contributed by atoms with Crippen LogP contribution in [0, 0.1) is 0 Å². The Balaban J connectivity index is 2.08. The molecule has 0 spiro atoms. The standard InChI is InChI=1S/C23H29NO4/c1-4-11-18(2)24-23(3,21(25)27-16-19-12-7-5-8-13-19)22(26)28-17-20-14-9-6-10-15-20/h5-10,12-15,18,24H,4,11,16-17H2,1-3H3. The van der Waals surface area contributed by atoms with Gasteiger partial charge in [0, 0.05) is 6.04 Å². The van der Waals surface area contributed by atoms with Crippen LogP contribution in [0.4, 0.5) is 0 Å². The van der Waals surface area contributed by atoms with Crippen LogP contribution in [0.1, 0.15) is 44.7 Å². The number of hydrogen-bond donors (Lipinski definition) is 1. The minimum absolute atomic E-state index is 0.0384. The molecule has 2 aromatic carbocycles. The molecule has 5 nitrogen and oxygen atoms in total. The molecule has 0 aliphatic heterocycles. The van der Waals surface area contributed by atoms with Crippen LogP contribution in [0.15, 0.2) is 60.7 Å². The largest absolute Gasteiger partial charge is 0.459 e. The Kier molecular flexibility index (Phi) is 8.20. The number of nitrogens with one attached hydrogen (secondary N) is 1. The fourth-order valence-corrected chi connectivity index (χ4v) is 2.93. The molecule has 1 N–H and O–H groups in total. The number of benzene rings is 2. The number of carbonyl (C=O) groups is 2. The quantitative estimate of drug-likeness (QED) is 0.496. The fraction of sp³-hybridized carbons (Fsp3) is 0.391. The summed E-state index contributed by atoms with van der Waals surface area (Å²) in [4.78, 5) is 25.7. The van der Waals surface area contributed by atoms with Gasteiger partial charge in [0.05, 0.1) is 0 Å². The highest BCUT2D eigenvalue weighted by Crippen LogP contribution is 2.16. The molecule has 0 saturated carbocycles. The highest BCUT2D eigenvalue weighted by Gasteiger charge is 2.45. The molecule has 2 rings (SSSR count). The Morgan fingerprint density at radius 1 is 0.893 bits per heavy atom. The molecule has 0 radical (unpaired) electrons. The van der Waals surface area contributed by atoms with E-state index in [0.717, 1.165) is 24.0 Å². The van der Waals surface area contributed by atoms with Crippen LogP contribution < -0.4 is 5.32 Å². The van der Waals surface area contributed by atoms with Gasteiger partial charge in [0.1, 0.15) is 13.2 Å². The first-order valence-electron chi connectivity index (χ1n) is 9.65. The van der Waals surface area contributed by atoms with Crippen molar-refractivity contribution in [3.63, 3.8) is 0 Å². The summed E-state index contributed by atoms with van der Waals surface area (Å²) < 4.78 is 10.9. The van der Waals surface area contributed by atoms with E-state index in [9.17, 15) is 9.59 Å². The highest BCUT2D eigenvalue weighted by molar-refractivity contribution is 6.04. The summed E-state index contributed by atoms with van der Waals surface area (Å²) in [5.74, 6) is -1.28. The number of hydrogen-bond acceptors (Lipinski definition) is 5. The summed E-state index contributed by atoms with van der Waals surface area (Å²) >= 11 is 0. The van der Waals surface area contributed by atoms with Crippen molar-refractivity contribution in [3.8, 4) is 0 Å². The zero-order valence-corrected chi connectivity index (χ0v) is 16.8. The van der Waals surface area contributed by atoms with Crippen LogP contribution in [-0.4, -0.2) is 23.5 Å².